The molecule has 172 valence electrons. The molecule has 10 heteroatoms. The minimum atomic E-state index is -0.455. The summed E-state index contributed by atoms with van der Waals surface area (Å²) >= 11 is 7.49. The Bertz CT molecular complexity index is 1460. The number of carbonyl (C=O) groups excluding carboxylic acids is 1. The minimum Gasteiger partial charge on any atom is -0.322 e. The van der Waals surface area contributed by atoms with Crippen molar-refractivity contribution in [2.45, 2.75) is 0 Å². The van der Waals surface area contributed by atoms with Gasteiger partial charge in [0.05, 0.1) is 32.0 Å². The van der Waals surface area contributed by atoms with E-state index in [-0.39, 0.29) is 0 Å². The van der Waals surface area contributed by atoms with Crippen molar-refractivity contribution in [3.63, 3.8) is 0 Å². The van der Waals surface area contributed by atoms with Crippen LogP contribution in [0.4, 0.5) is 27.9 Å². The number of amides is 2. The Morgan fingerprint density at radius 1 is 0.771 bits per heavy atom. The van der Waals surface area contributed by atoms with Crippen LogP contribution >= 0.6 is 22.9 Å². The molecule has 0 saturated carbocycles. The van der Waals surface area contributed by atoms with Crippen molar-refractivity contribution in [1.82, 2.24) is 20.2 Å². The van der Waals surface area contributed by atoms with E-state index in [2.05, 4.69) is 36.1 Å². The Hall–Kier alpha value is -4.34. The summed E-state index contributed by atoms with van der Waals surface area (Å²) in [6, 6.07) is 25.6. The number of nitrogens with zero attached hydrogens (tertiary/aromatic N) is 4. The quantitative estimate of drug-likeness (QED) is 0.240. The SMILES string of the molecule is O=C(Nc1ccc(-c2ccccc2)nn1)Nc1ccccc1Nc1nccc(-c2ccc(Cl)s2)n1. The van der Waals surface area contributed by atoms with Crippen LogP contribution in [0.3, 0.4) is 0 Å². The molecule has 0 spiro atoms. The molecule has 5 aromatic rings. The zero-order valence-corrected chi connectivity index (χ0v) is 19.7. The number of hydrogen-bond donors (Lipinski definition) is 3. The number of halogens is 1. The third-order valence-corrected chi connectivity index (χ3v) is 6.13. The molecule has 0 atom stereocenters. The molecule has 2 aromatic carbocycles. The number of para-hydroxylation sites is 2. The second kappa shape index (κ2) is 10.3. The molecule has 2 amide bonds. The summed E-state index contributed by atoms with van der Waals surface area (Å²) in [5.41, 5.74) is 3.60. The van der Waals surface area contributed by atoms with Gasteiger partial charge in [0.1, 0.15) is 0 Å². The fraction of sp³-hybridized carbons (Fsp3) is 0. The van der Waals surface area contributed by atoms with E-state index in [4.69, 9.17) is 11.6 Å². The topological polar surface area (TPSA) is 105 Å². The summed E-state index contributed by atoms with van der Waals surface area (Å²) in [5.74, 6) is 0.724. The van der Waals surface area contributed by atoms with Crippen LogP contribution < -0.4 is 16.0 Å². The molecular weight excluding hydrogens is 482 g/mol. The highest BCUT2D eigenvalue weighted by Gasteiger charge is 2.11. The van der Waals surface area contributed by atoms with Gasteiger partial charge in [-0.3, -0.25) is 5.32 Å². The predicted octanol–water partition coefficient (Wildman–Crippen LogP) is 6.70. The van der Waals surface area contributed by atoms with Gasteiger partial charge in [-0.05, 0) is 42.5 Å². The van der Waals surface area contributed by atoms with E-state index in [0.29, 0.717) is 27.5 Å². The molecule has 0 bridgehead atoms. The van der Waals surface area contributed by atoms with Crippen molar-refractivity contribution >= 4 is 52.1 Å². The lowest BCUT2D eigenvalue weighted by Gasteiger charge is -2.13. The first-order valence-corrected chi connectivity index (χ1v) is 11.8. The Morgan fingerprint density at radius 3 is 2.31 bits per heavy atom. The third-order valence-electron chi connectivity index (χ3n) is 4.88. The van der Waals surface area contributed by atoms with E-state index in [0.717, 1.165) is 21.8 Å². The van der Waals surface area contributed by atoms with Crippen LogP contribution in [0.15, 0.2) is 91.1 Å². The van der Waals surface area contributed by atoms with Crippen LogP contribution in [-0.4, -0.2) is 26.2 Å². The van der Waals surface area contributed by atoms with Gasteiger partial charge in [0.15, 0.2) is 5.82 Å². The van der Waals surface area contributed by atoms with Gasteiger partial charge in [0.2, 0.25) is 5.95 Å². The molecule has 3 heterocycles. The molecule has 35 heavy (non-hydrogen) atoms. The number of thiophene rings is 1. The number of aromatic nitrogens is 4. The Labute approximate surface area is 210 Å². The van der Waals surface area contributed by atoms with Gasteiger partial charge in [-0.1, -0.05) is 54.1 Å². The lowest BCUT2D eigenvalue weighted by Crippen LogP contribution is -2.21. The zero-order chi connectivity index (χ0) is 24.0. The number of urea groups is 1. The molecule has 0 aliphatic heterocycles. The van der Waals surface area contributed by atoms with Crippen LogP contribution in [0.2, 0.25) is 4.34 Å². The number of hydrogen-bond acceptors (Lipinski definition) is 7. The molecule has 0 radical (unpaired) electrons. The number of nitrogens with one attached hydrogen (secondary N) is 3. The van der Waals surface area contributed by atoms with Gasteiger partial charge >= 0.3 is 6.03 Å². The Kier molecular flexibility index (Phi) is 6.60. The first-order valence-electron chi connectivity index (χ1n) is 10.6. The molecule has 0 aliphatic rings. The molecule has 0 aliphatic carbocycles. The number of benzene rings is 2. The number of anilines is 4. The maximum atomic E-state index is 12.6. The molecule has 0 saturated heterocycles. The summed E-state index contributed by atoms with van der Waals surface area (Å²) in [5, 5.41) is 17.0. The van der Waals surface area contributed by atoms with E-state index < -0.39 is 6.03 Å². The number of rotatable bonds is 6. The highest BCUT2D eigenvalue weighted by molar-refractivity contribution is 7.19. The van der Waals surface area contributed by atoms with Crippen molar-refractivity contribution in [2.24, 2.45) is 0 Å². The van der Waals surface area contributed by atoms with Crippen molar-refractivity contribution in [1.29, 1.82) is 0 Å². The highest BCUT2D eigenvalue weighted by atomic mass is 35.5. The van der Waals surface area contributed by atoms with Crippen LogP contribution in [0.5, 0.6) is 0 Å². The molecule has 8 nitrogen and oxygen atoms in total. The fourth-order valence-corrected chi connectivity index (χ4v) is 4.27. The molecule has 3 aromatic heterocycles. The van der Waals surface area contributed by atoms with Gasteiger partial charge in [0, 0.05) is 11.8 Å². The maximum absolute atomic E-state index is 12.6. The molecule has 0 unspecified atom stereocenters. The second-order valence-corrected chi connectivity index (χ2v) is 9.00. The lowest BCUT2D eigenvalue weighted by molar-refractivity contribution is 0.262. The standard InChI is InChI=1S/C25H18ClN7OS/c26-22-12-11-21(35-22)20-14-15-27-24(29-20)28-18-8-4-5-9-19(18)30-25(34)31-23-13-10-17(32-33-23)16-6-2-1-3-7-16/h1-15H,(H,27,28,29)(H2,30,31,33,34). The monoisotopic (exact) mass is 499 g/mol. The third kappa shape index (κ3) is 5.60. The van der Waals surface area contributed by atoms with E-state index in [1.165, 1.54) is 11.3 Å². The first kappa shape index (κ1) is 22.5. The molecule has 0 fully saturated rings. The van der Waals surface area contributed by atoms with Gasteiger partial charge in [-0.2, -0.15) is 0 Å². The smallest absolute Gasteiger partial charge is 0.322 e. The normalized spacial score (nSPS) is 10.5. The van der Waals surface area contributed by atoms with Crippen molar-refractivity contribution in [3.8, 4) is 21.8 Å². The van der Waals surface area contributed by atoms with Gasteiger partial charge in [-0.15, -0.1) is 21.5 Å². The highest BCUT2D eigenvalue weighted by Crippen LogP contribution is 2.31. The first-order chi connectivity index (χ1) is 17.1. The summed E-state index contributed by atoms with van der Waals surface area (Å²) in [4.78, 5) is 22.4. The number of carbonyl (C=O) groups is 1. The van der Waals surface area contributed by atoms with Crippen LogP contribution in [0.1, 0.15) is 0 Å². The summed E-state index contributed by atoms with van der Waals surface area (Å²) < 4.78 is 0.688. The fourth-order valence-electron chi connectivity index (χ4n) is 3.26. The summed E-state index contributed by atoms with van der Waals surface area (Å²) in [6.07, 6.45) is 1.67. The summed E-state index contributed by atoms with van der Waals surface area (Å²) in [7, 11) is 0. The van der Waals surface area contributed by atoms with E-state index in [1.807, 2.05) is 66.7 Å². The van der Waals surface area contributed by atoms with Crippen molar-refractivity contribution in [2.75, 3.05) is 16.0 Å². The van der Waals surface area contributed by atoms with Gasteiger partial charge in [0.25, 0.3) is 0 Å². The molecular formula is C25H18ClN7OS. The van der Waals surface area contributed by atoms with Crippen LogP contribution in [0, 0.1) is 0 Å². The predicted molar refractivity (Wildman–Crippen MR) is 140 cm³/mol. The Morgan fingerprint density at radius 2 is 1.57 bits per heavy atom. The average Bonchev–Trinajstić information content (AvgIpc) is 3.33. The van der Waals surface area contributed by atoms with Gasteiger partial charge in [-0.25, -0.2) is 14.8 Å². The minimum absolute atomic E-state index is 0.332. The van der Waals surface area contributed by atoms with E-state index in [1.54, 1.807) is 24.4 Å². The van der Waals surface area contributed by atoms with Crippen molar-refractivity contribution in [3.05, 3.63) is 95.5 Å². The van der Waals surface area contributed by atoms with E-state index in [9.17, 15) is 4.79 Å². The van der Waals surface area contributed by atoms with Crippen molar-refractivity contribution < 1.29 is 4.79 Å². The second-order valence-electron chi connectivity index (χ2n) is 7.29. The van der Waals surface area contributed by atoms with Gasteiger partial charge < -0.3 is 10.6 Å². The Balaban J connectivity index is 1.27. The molecule has 5 rings (SSSR count). The van der Waals surface area contributed by atoms with Crippen LogP contribution in [-0.2, 0) is 0 Å². The zero-order valence-electron chi connectivity index (χ0n) is 18.1. The average molecular weight is 500 g/mol. The summed E-state index contributed by atoms with van der Waals surface area (Å²) in [6.45, 7) is 0. The lowest BCUT2D eigenvalue weighted by atomic mass is 10.1. The largest absolute Gasteiger partial charge is 0.324 e. The van der Waals surface area contributed by atoms with Crippen LogP contribution in [0.25, 0.3) is 21.8 Å². The molecule has 3 N–H and O–H groups in total. The van der Waals surface area contributed by atoms with E-state index >= 15 is 0 Å². The maximum Gasteiger partial charge on any atom is 0.324 e.